The third-order valence-corrected chi connectivity index (χ3v) is 2.28. The summed E-state index contributed by atoms with van der Waals surface area (Å²) in [5.41, 5.74) is 0. The predicted octanol–water partition coefficient (Wildman–Crippen LogP) is 1.49. The highest BCUT2D eigenvalue weighted by atomic mass is 28.3. The van der Waals surface area contributed by atoms with E-state index in [9.17, 15) is 4.79 Å². The maximum Gasteiger partial charge on any atom is 0.289 e. The number of carbonyl (C=O) groups excluding carboxylic acids is 1. The largest absolute Gasteiger partial charge is 0.523 e. The van der Waals surface area contributed by atoms with Crippen molar-refractivity contribution in [2.45, 2.75) is 33.9 Å². The van der Waals surface area contributed by atoms with Crippen LogP contribution in [-0.2, 0) is 9.22 Å². The van der Waals surface area contributed by atoms with E-state index in [0.717, 1.165) is 13.1 Å². The fourth-order valence-electron chi connectivity index (χ4n) is 0.556. The first-order valence-electron chi connectivity index (χ1n) is 4.79. The normalized spacial score (nSPS) is 9.54. The van der Waals surface area contributed by atoms with E-state index in [-0.39, 0.29) is 5.97 Å². The van der Waals surface area contributed by atoms with Gasteiger partial charge in [-0.15, -0.1) is 0 Å². The van der Waals surface area contributed by atoms with Gasteiger partial charge in [-0.05, 0) is 33.2 Å². The van der Waals surface area contributed by atoms with Crippen molar-refractivity contribution in [1.82, 2.24) is 4.90 Å². The van der Waals surface area contributed by atoms with Crippen LogP contribution >= 0.6 is 0 Å². The maximum atomic E-state index is 10.1. The zero-order valence-corrected chi connectivity index (χ0v) is 10.9. The molecule has 0 aliphatic rings. The summed E-state index contributed by atoms with van der Waals surface area (Å²) >= 11 is 0. The van der Waals surface area contributed by atoms with Gasteiger partial charge >= 0.3 is 0 Å². The Morgan fingerprint density at radius 3 is 1.69 bits per heavy atom. The molecule has 80 valence electrons. The van der Waals surface area contributed by atoms with Crippen molar-refractivity contribution in [2.75, 3.05) is 20.1 Å². The minimum absolute atomic E-state index is 0.151. The lowest BCUT2D eigenvalue weighted by Crippen LogP contribution is -2.15. The zero-order valence-electron chi connectivity index (χ0n) is 9.76. The van der Waals surface area contributed by atoms with Crippen LogP contribution in [0.1, 0.15) is 20.8 Å². The molecule has 0 bridgehead atoms. The first-order valence-corrected chi connectivity index (χ1v) is 7.57. The average molecular weight is 205 g/mol. The van der Waals surface area contributed by atoms with Gasteiger partial charge in [0.2, 0.25) is 9.04 Å². The standard InChI is InChI=1S/C5H13N.C4H10O2Si/c1-4-6(3)5-2;1-4(5)6-7(2)3/h4-5H2,1-3H3;7H,1-3H3. The minimum atomic E-state index is -1.08. The molecule has 0 aromatic heterocycles. The molecule has 0 unspecified atom stereocenters. The summed E-state index contributed by atoms with van der Waals surface area (Å²) in [6.07, 6.45) is 0. The van der Waals surface area contributed by atoms with E-state index in [0.29, 0.717) is 0 Å². The molecular formula is C9H23NO2Si. The minimum Gasteiger partial charge on any atom is -0.523 e. The van der Waals surface area contributed by atoms with Crippen molar-refractivity contribution >= 4 is 15.0 Å². The Morgan fingerprint density at radius 1 is 1.31 bits per heavy atom. The highest BCUT2D eigenvalue weighted by molar-refractivity contribution is 6.50. The highest BCUT2D eigenvalue weighted by Crippen LogP contribution is 1.81. The van der Waals surface area contributed by atoms with Gasteiger partial charge < -0.3 is 9.33 Å². The van der Waals surface area contributed by atoms with Crippen molar-refractivity contribution < 1.29 is 9.22 Å². The smallest absolute Gasteiger partial charge is 0.289 e. The van der Waals surface area contributed by atoms with Crippen LogP contribution in [0.25, 0.3) is 0 Å². The SMILES string of the molecule is CC(=O)O[SiH](C)C.CCN(C)CC. The zero-order chi connectivity index (χ0) is 10.9. The van der Waals surface area contributed by atoms with Crippen LogP contribution in [0.4, 0.5) is 0 Å². The number of carbonyl (C=O) groups is 1. The molecule has 0 radical (unpaired) electrons. The first kappa shape index (κ1) is 15.1. The molecule has 0 rings (SSSR count). The lowest BCUT2D eigenvalue weighted by molar-refractivity contribution is -0.132. The van der Waals surface area contributed by atoms with Crippen LogP contribution in [0.5, 0.6) is 0 Å². The van der Waals surface area contributed by atoms with Gasteiger partial charge in [0.1, 0.15) is 0 Å². The van der Waals surface area contributed by atoms with Crippen LogP contribution in [0.2, 0.25) is 13.1 Å². The lowest BCUT2D eigenvalue weighted by Gasteiger charge is -2.07. The van der Waals surface area contributed by atoms with Gasteiger partial charge in [-0.3, -0.25) is 4.79 Å². The molecule has 13 heavy (non-hydrogen) atoms. The molecule has 0 aromatic carbocycles. The summed E-state index contributed by atoms with van der Waals surface area (Å²) in [6, 6.07) is 0. The maximum absolute atomic E-state index is 10.1. The van der Waals surface area contributed by atoms with Crippen LogP contribution in [-0.4, -0.2) is 40.0 Å². The molecule has 0 aliphatic carbocycles. The second kappa shape index (κ2) is 9.73. The van der Waals surface area contributed by atoms with Crippen LogP contribution in [0.15, 0.2) is 0 Å². The summed E-state index contributed by atoms with van der Waals surface area (Å²) in [4.78, 5) is 12.3. The lowest BCUT2D eigenvalue weighted by atomic mass is 10.6. The number of hydrogen-bond acceptors (Lipinski definition) is 3. The van der Waals surface area contributed by atoms with E-state index in [4.69, 9.17) is 4.43 Å². The molecule has 0 aromatic rings. The Labute approximate surface area is 83.8 Å². The Balaban J connectivity index is 0. The number of rotatable bonds is 3. The molecule has 3 nitrogen and oxygen atoms in total. The molecule has 4 heteroatoms. The average Bonchev–Trinajstić information content (AvgIpc) is 2.01. The monoisotopic (exact) mass is 205 g/mol. The summed E-state index contributed by atoms with van der Waals surface area (Å²) in [6.45, 7) is 12.0. The molecule has 0 atom stereocenters. The molecule has 0 aliphatic heterocycles. The quantitative estimate of drug-likeness (QED) is 0.654. The van der Waals surface area contributed by atoms with Gasteiger partial charge in [-0.25, -0.2) is 0 Å². The molecule has 0 fully saturated rings. The van der Waals surface area contributed by atoms with E-state index in [1.807, 2.05) is 13.1 Å². The van der Waals surface area contributed by atoms with Gasteiger partial charge in [-0.2, -0.15) is 0 Å². The highest BCUT2D eigenvalue weighted by Gasteiger charge is 1.96. The van der Waals surface area contributed by atoms with Gasteiger partial charge in [0.15, 0.2) is 0 Å². The summed E-state index contributed by atoms with van der Waals surface area (Å²) in [5, 5.41) is 0. The Hall–Kier alpha value is -0.353. The van der Waals surface area contributed by atoms with Crippen molar-refractivity contribution in [2.24, 2.45) is 0 Å². The molecule has 0 saturated heterocycles. The van der Waals surface area contributed by atoms with E-state index >= 15 is 0 Å². The third-order valence-electron chi connectivity index (χ3n) is 1.48. The van der Waals surface area contributed by atoms with E-state index in [1.54, 1.807) is 0 Å². The van der Waals surface area contributed by atoms with Crippen molar-refractivity contribution in [1.29, 1.82) is 0 Å². The van der Waals surface area contributed by atoms with Gasteiger partial charge in [0.05, 0.1) is 0 Å². The van der Waals surface area contributed by atoms with E-state index < -0.39 is 9.04 Å². The molecule has 0 spiro atoms. The molecule has 0 heterocycles. The molecular weight excluding hydrogens is 182 g/mol. The molecule has 0 saturated carbocycles. The van der Waals surface area contributed by atoms with E-state index in [1.165, 1.54) is 6.92 Å². The Bertz CT molecular complexity index is 125. The second-order valence-corrected chi connectivity index (χ2v) is 5.48. The van der Waals surface area contributed by atoms with Gasteiger partial charge in [0, 0.05) is 6.92 Å². The summed E-state index contributed by atoms with van der Waals surface area (Å²) in [7, 11) is 1.03. The van der Waals surface area contributed by atoms with Gasteiger partial charge in [0.25, 0.3) is 5.97 Å². The van der Waals surface area contributed by atoms with Crippen molar-refractivity contribution in [3.63, 3.8) is 0 Å². The topological polar surface area (TPSA) is 29.5 Å². The molecule has 0 amide bonds. The van der Waals surface area contributed by atoms with Crippen molar-refractivity contribution in [3.05, 3.63) is 0 Å². The third kappa shape index (κ3) is 18.5. The molecule has 0 N–H and O–H groups in total. The first-order chi connectivity index (χ1) is 5.93. The fraction of sp³-hybridized carbons (Fsp3) is 0.889. The van der Waals surface area contributed by atoms with Crippen LogP contribution in [0, 0.1) is 0 Å². The summed E-state index contributed by atoms with van der Waals surface area (Å²) in [5.74, 6) is -0.151. The van der Waals surface area contributed by atoms with Crippen LogP contribution in [0.3, 0.4) is 0 Å². The number of nitrogens with zero attached hydrogens (tertiary/aromatic N) is 1. The van der Waals surface area contributed by atoms with Gasteiger partial charge in [-0.1, -0.05) is 13.8 Å². The summed E-state index contributed by atoms with van der Waals surface area (Å²) < 4.78 is 4.75. The predicted molar refractivity (Wildman–Crippen MR) is 59.5 cm³/mol. The van der Waals surface area contributed by atoms with Crippen molar-refractivity contribution in [3.8, 4) is 0 Å². The fourth-order valence-corrected chi connectivity index (χ4v) is 1.22. The second-order valence-electron chi connectivity index (χ2n) is 3.15. The van der Waals surface area contributed by atoms with Crippen LogP contribution < -0.4 is 0 Å². The Morgan fingerprint density at radius 2 is 1.69 bits per heavy atom. The number of hydrogen-bond donors (Lipinski definition) is 0. The Kier molecular flexibility index (Phi) is 11.3. The van der Waals surface area contributed by atoms with E-state index in [2.05, 4.69) is 25.8 Å².